The Morgan fingerprint density at radius 1 is 1.31 bits per heavy atom. The summed E-state index contributed by atoms with van der Waals surface area (Å²) in [4.78, 5) is 2.75. The van der Waals surface area contributed by atoms with Crippen molar-refractivity contribution in [1.82, 2.24) is 10.2 Å². The fourth-order valence-electron chi connectivity index (χ4n) is 2.91. The Morgan fingerprint density at radius 3 is 2.69 bits per heavy atom. The molecule has 3 unspecified atom stereocenters. The summed E-state index contributed by atoms with van der Waals surface area (Å²) in [6.45, 7) is 12.9. The van der Waals surface area contributed by atoms with Crippen LogP contribution in [0, 0.1) is 5.92 Å². The number of hydrogen-bond acceptors (Lipinski definition) is 2. The van der Waals surface area contributed by atoms with Crippen LogP contribution in [0.3, 0.4) is 0 Å². The molecule has 16 heavy (non-hydrogen) atoms. The molecule has 2 heteroatoms. The molecular weight excluding hydrogens is 196 g/mol. The van der Waals surface area contributed by atoms with Crippen molar-refractivity contribution in [3.05, 3.63) is 0 Å². The van der Waals surface area contributed by atoms with Crippen LogP contribution in [0.25, 0.3) is 0 Å². The predicted octanol–water partition coefficient (Wildman–Crippen LogP) is 2.89. The quantitative estimate of drug-likeness (QED) is 0.749. The molecule has 0 saturated carbocycles. The molecule has 0 amide bonds. The summed E-state index contributed by atoms with van der Waals surface area (Å²) in [5, 5.41) is 3.52. The maximum Gasteiger partial charge on any atom is 0.0223 e. The first kappa shape index (κ1) is 14.0. The van der Waals surface area contributed by atoms with E-state index in [0.717, 1.165) is 24.5 Å². The molecule has 1 aliphatic heterocycles. The van der Waals surface area contributed by atoms with E-state index in [1.165, 1.54) is 38.8 Å². The zero-order valence-corrected chi connectivity index (χ0v) is 11.6. The summed E-state index contributed by atoms with van der Waals surface area (Å²) in [6, 6.07) is 1.52. The third kappa shape index (κ3) is 3.74. The molecule has 1 heterocycles. The highest BCUT2D eigenvalue weighted by Crippen LogP contribution is 2.25. The number of piperidine rings is 1. The van der Waals surface area contributed by atoms with E-state index in [0.29, 0.717) is 0 Å². The first-order chi connectivity index (χ1) is 7.70. The van der Waals surface area contributed by atoms with Gasteiger partial charge in [0.25, 0.3) is 0 Å². The Labute approximate surface area is 102 Å². The third-order valence-electron chi connectivity index (χ3n) is 4.14. The van der Waals surface area contributed by atoms with Crippen molar-refractivity contribution in [2.45, 2.75) is 65.5 Å². The number of likely N-dealkylation sites (N-methyl/N-ethyl adjacent to an activating group) is 1. The van der Waals surface area contributed by atoms with E-state index < -0.39 is 0 Å². The van der Waals surface area contributed by atoms with Gasteiger partial charge in [-0.15, -0.1) is 0 Å². The topological polar surface area (TPSA) is 15.3 Å². The second kappa shape index (κ2) is 7.29. The lowest BCUT2D eigenvalue weighted by Crippen LogP contribution is -2.51. The minimum Gasteiger partial charge on any atom is -0.315 e. The monoisotopic (exact) mass is 226 g/mol. The lowest BCUT2D eigenvalue weighted by Gasteiger charge is -2.43. The van der Waals surface area contributed by atoms with Crippen molar-refractivity contribution in [2.75, 3.05) is 19.6 Å². The fraction of sp³-hybridized carbons (Fsp3) is 1.00. The molecule has 0 radical (unpaired) electrons. The third-order valence-corrected chi connectivity index (χ3v) is 4.14. The number of likely N-dealkylation sites (tertiary alicyclic amines) is 1. The van der Waals surface area contributed by atoms with Crippen LogP contribution in [0.1, 0.15) is 53.4 Å². The van der Waals surface area contributed by atoms with Gasteiger partial charge in [-0.05, 0) is 45.2 Å². The second-order valence-electron chi connectivity index (χ2n) is 5.35. The molecule has 0 aromatic rings. The van der Waals surface area contributed by atoms with E-state index >= 15 is 0 Å². The van der Waals surface area contributed by atoms with Crippen LogP contribution in [-0.4, -0.2) is 36.6 Å². The molecule has 1 fully saturated rings. The molecule has 1 N–H and O–H groups in total. The molecule has 1 saturated heterocycles. The second-order valence-corrected chi connectivity index (χ2v) is 5.35. The van der Waals surface area contributed by atoms with Crippen LogP contribution in [-0.2, 0) is 0 Å². The standard InChI is InChI=1S/C14H30N2/c1-5-8-14(11-15-6-2)16-10-7-9-12(3)13(16)4/h12-15H,5-11H2,1-4H3. The Kier molecular flexibility index (Phi) is 6.37. The van der Waals surface area contributed by atoms with Crippen molar-refractivity contribution in [1.29, 1.82) is 0 Å². The summed E-state index contributed by atoms with van der Waals surface area (Å²) < 4.78 is 0. The van der Waals surface area contributed by atoms with Crippen molar-refractivity contribution < 1.29 is 0 Å². The van der Waals surface area contributed by atoms with Gasteiger partial charge in [0.1, 0.15) is 0 Å². The van der Waals surface area contributed by atoms with Crippen LogP contribution in [0.15, 0.2) is 0 Å². The van der Waals surface area contributed by atoms with Gasteiger partial charge in [-0.1, -0.05) is 27.2 Å². The lowest BCUT2D eigenvalue weighted by atomic mass is 9.90. The zero-order valence-electron chi connectivity index (χ0n) is 11.6. The van der Waals surface area contributed by atoms with Gasteiger partial charge in [0, 0.05) is 18.6 Å². The van der Waals surface area contributed by atoms with Gasteiger partial charge in [0.05, 0.1) is 0 Å². The molecule has 0 aliphatic carbocycles. The first-order valence-electron chi connectivity index (χ1n) is 7.17. The van der Waals surface area contributed by atoms with Gasteiger partial charge < -0.3 is 5.32 Å². The normalized spacial score (nSPS) is 29.2. The molecule has 0 aromatic heterocycles. The summed E-state index contributed by atoms with van der Waals surface area (Å²) >= 11 is 0. The van der Waals surface area contributed by atoms with Crippen LogP contribution in [0.4, 0.5) is 0 Å². The van der Waals surface area contributed by atoms with E-state index in [4.69, 9.17) is 0 Å². The van der Waals surface area contributed by atoms with E-state index in [9.17, 15) is 0 Å². The predicted molar refractivity (Wildman–Crippen MR) is 71.8 cm³/mol. The molecule has 1 aliphatic rings. The van der Waals surface area contributed by atoms with Gasteiger partial charge >= 0.3 is 0 Å². The van der Waals surface area contributed by atoms with Crippen LogP contribution in [0.2, 0.25) is 0 Å². The average molecular weight is 226 g/mol. The molecule has 1 rings (SSSR count). The molecule has 3 atom stereocenters. The number of nitrogens with one attached hydrogen (secondary N) is 1. The molecule has 96 valence electrons. The van der Waals surface area contributed by atoms with Crippen molar-refractivity contribution in [3.63, 3.8) is 0 Å². The number of nitrogens with zero attached hydrogens (tertiary/aromatic N) is 1. The first-order valence-corrected chi connectivity index (χ1v) is 7.17. The number of hydrogen-bond donors (Lipinski definition) is 1. The highest BCUT2D eigenvalue weighted by Gasteiger charge is 2.29. The fourth-order valence-corrected chi connectivity index (χ4v) is 2.91. The van der Waals surface area contributed by atoms with E-state index in [1.54, 1.807) is 0 Å². The van der Waals surface area contributed by atoms with Gasteiger partial charge in [0.2, 0.25) is 0 Å². The van der Waals surface area contributed by atoms with Gasteiger partial charge in [-0.2, -0.15) is 0 Å². The molecular formula is C14H30N2. The van der Waals surface area contributed by atoms with E-state index in [1.807, 2.05) is 0 Å². The van der Waals surface area contributed by atoms with Crippen LogP contribution in [0.5, 0.6) is 0 Å². The Bertz CT molecular complexity index is 182. The Balaban J connectivity index is 2.53. The molecule has 0 aromatic carbocycles. The maximum atomic E-state index is 3.52. The highest BCUT2D eigenvalue weighted by atomic mass is 15.2. The van der Waals surface area contributed by atoms with Crippen molar-refractivity contribution >= 4 is 0 Å². The van der Waals surface area contributed by atoms with Crippen LogP contribution < -0.4 is 5.32 Å². The summed E-state index contributed by atoms with van der Waals surface area (Å²) in [6.07, 6.45) is 5.44. The lowest BCUT2D eigenvalue weighted by molar-refractivity contribution is 0.0634. The summed E-state index contributed by atoms with van der Waals surface area (Å²) in [5.41, 5.74) is 0. The smallest absolute Gasteiger partial charge is 0.0223 e. The van der Waals surface area contributed by atoms with Crippen LogP contribution >= 0.6 is 0 Å². The van der Waals surface area contributed by atoms with Crippen molar-refractivity contribution in [3.8, 4) is 0 Å². The van der Waals surface area contributed by atoms with E-state index in [2.05, 4.69) is 37.9 Å². The average Bonchev–Trinajstić information content (AvgIpc) is 2.28. The highest BCUT2D eigenvalue weighted by molar-refractivity contribution is 4.84. The minimum absolute atomic E-state index is 0.752. The molecule has 0 bridgehead atoms. The van der Waals surface area contributed by atoms with Gasteiger partial charge in [-0.25, -0.2) is 0 Å². The molecule has 2 nitrogen and oxygen atoms in total. The Morgan fingerprint density at radius 2 is 2.06 bits per heavy atom. The van der Waals surface area contributed by atoms with Gasteiger partial charge in [0.15, 0.2) is 0 Å². The summed E-state index contributed by atoms with van der Waals surface area (Å²) in [5.74, 6) is 0.870. The number of rotatable bonds is 6. The summed E-state index contributed by atoms with van der Waals surface area (Å²) in [7, 11) is 0. The SMILES string of the molecule is CCCC(CNCC)N1CCCC(C)C1C. The van der Waals surface area contributed by atoms with E-state index in [-0.39, 0.29) is 0 Å². The molecule has 0 spiro atoms. The maximum absolute atomic E-state index is 3.52. The minimum atomic E-state index is 0.752. The Hall–Kier alpha value is -0.0800. The largest absolute Gasteiger partial charge is 0.315 e. The van der Waals surface area contributed by atoms with Gasteiger partial charge in [-0.3, -0.25) is 4.90 Å². The zero-order chi connectivity index (χ0) is 12.0. The van der Waals surface area contributed by atoms with Crippen molar-refractivity contribution in [2.24, 2.45) is 5.92 Å².